The molecule has 0 fully saturated rings. The van der Waals surface area contributed by atoms with Crippen LogP contribution in [0, 0.1) is 0 Å². The lowest BCUT2D eigenvalue weighted by Gasteiger charge is -2.08. The lowest BCUT2D eigenvalue weighted by Crippen LogP contribution is -1.92. The van der Waals surface area contributed by atoms with Gasteiger partial charge in [-0.2, -0.15) is 0 Å². The van der Waals surface area contributed by atoms with Crippen molar-refractivity contribution in [2.75, 3.05) is 5.73 Å². The van der Waals surface area contributed by atoms with Gasteiger partial charge in [0.25, 0.3) is 0 Å². The number of fused-ring (bicyclic) bond motifs is 2. The van der Waals surface area contributed by atoms with Crippen molar-refractivity contribution in [3.05, 3.63) is 48.0 Å². The molecule has 0 aliphatic carbocycles. The van der Waals surface area contributed by atoms with Gasteiger partial charge in [0.15, 0.2) is 0 Å². The molecule has 2 N–H and O–H groups in total. The molecule has 3 aromatic rings. The van der Waals surface area contributed by atoms with Crippen LogP contribution in [0.5, 0.6) is 0 Å². The minimum absolute atomic E-state index is 0.798. The minimum Gasteiger partial charge on any atom is -0.399 e. The molecule has 0 atom stereocenters. The van der Waals surface area contributed by atoms with Crippen molar-refractivity contribution >= 4 is 27.5 Å². The zero-order chi connectivity index (χ0) is 16.1. The summed E-state index contributed by atoms with van der Waals surface area (Å²) in [6.45, 7) is 2.26. The van der Waals surface area contributed by atoms with Crippen LogP contribution in [0.4, 0.5) is 5.69 Å². The fourth-order valence-corrected chi connectivity index (χ4v) is 3.25. The van der Waals surface area contributed by atoms with Gasteiger partial charge in [-0.3, -0.25) is 0 Å². The molecule has 2 aromatic carbocycles. The molecule has 1 aromatic heterocycles. The molecule has 0 saturated carbocycles. The highest BCUT2D eigenvalue weighted by atomic mass is 14.7. The molecular formula is C21H26N2. The number of unbranched alkanes of at least 4 members (excludes halogenated alkanes) is 5. The Morgan fingerprint density at radius 1 is 0.870 bits per heavy atom. The lowest BCUT2D eigenvalue weighted by atomic mass is 10.00. The van der Waals surface area contributed by atoms with Crippen molar-refractivity contribution < 1.29 is 0 Å². The van der Waals surface area contributed by atoms with Gasteiger partial charge in [-0.05, 0) is 48.7 Å². The first-order valence-electron chi connectivity index (χ1n) is 8.86. The van der Waals surface area contributed by atoms with E-state index in [4.69, 9.17) is 10.7 Å². The topological polar surface area (TPSA) is 38.9 Å². The van der Waals surface area contributed by atoms with Crippen LogP contribution < -0.4 is 5.73 Å². The van der Waals surface area contributed by atoms with E-state index in [9.17, 15) is 0 Å². The Morgan fingerprint density at radius 2 is 1.70 bits per heavy atom. The van der Waals surface area contributed by atoms with Crippen LogP contribution in [0.2, 0.25) is 0 Å². The first kappa shape index (κ1) is 15.8. The summed E-state index contributed by atoms with van der Waals surface area (Å²) in [5, 5.41) is 2.41. The third kappa shape index (κ3) is 3.82. The van der Waals surface area contributed by atoms with E-state index in [0.717, 1.165) is 28.5 Å². The Morgan fingerprint density at radius 3 is 2.57 bits per heavy atom. The highest BCUT2D eigenvalue weighted by Gasteiger charge is 2.05. The predicted octanol–water partition coefficient (Wildman–Crippen LogP) is 5.87. The summed E-state index contributed by atoms with van der Waals surface area (Å²) in [6.07, 6.45) is 9.13. The zero-order valence-electron chi connectivity index (χ0n) is 14.0. The second-order valence-corrected chi connectivity index (χ2v) is 6.44. The molecule has 0 aliphatic heterocycles. The van der Waals surface area contributed by atoms with Crippen molar-refractivity contribution in [2.24, 2.45) is 0 Å². The number of hydrogen-bond acceptors (Lipinski definition) is 2. The van der Waals surface area contributed by atoms with Crippen LogP contribution >= 0.6 is 0 Å². The summed E-state index contributed by atoms with van der Waals surface area (Å²) in [6, 6.07) is 14.7. The summed E-state index contributed by atoms with van der Waals surface area (Å²) < 4.78 is 0. The number of nitrogens with zero attached hydrogens (tertiary/aromatic N) is 1. The molecule has 23 heavy (non-hydrogen) atoms. The second-order valence-electron chi connectivity index (χ2n) is 6.44. The molecule has 0 spiro atoms. The van der Waals surface area contributed by atoms with E-state index < -0.39 is 0 Å². The molecule has 0 bridgehead atoms. The molecule has 3 rings (SSSR count). The molecule has 0 saturated heterocycles. The largest absolute Gasteiger partial charge is 0.399 e. The normalized spacial score (nSPS) is 11.3. The first-order valence-corrected chi connectivity index (χ1v) is 8.86. The average molecular weight is 306 g/mol. The Balaban J connectivity index is 1.80. The van der Waals surface area contributed by atoms with E-state index in [2.05, 4.69) is 31.2 Å². The van der Waals surface area contributed by atoms with Crippen LogP contribution in [-0.2, 0) is 6.42 Å². The summed E-state index contributed by atoms with van der Waals surface area (Å²) >= 11 is 0. The van der Waals surface area contributed by atoms with Crippen LogP contribution in [0.1, 0.15) is 51.0 Å². The maximum absolute atomic E-state index is 5.92. The highest BCUT2D eigenvalue weighted by Crippen LogP contribution is 2.25. The van der Waals surface area contributed by atoms with Gasteiger partial charge in [-0.15, -0.1) is 0 Å². The van der Waals surface area contributed by atoms with Crippen molar-refractivity contribution in [1.82, 2.24) is 4.98 Å². The Hall–Kier alpha value is -2.09. The number of aryl methyl sites for hydroxylation is 1. The molecule has 0 unspecified atom stereocenters. The van der Waals surface area contributed by atoms with Crippen molar-refractivity contribution in [1.29, 1.82) is 0 Å². The van der Waals surface area contributed by atoms with Crippen molar-refractivity contribution in [3.63, 3.8) is 0 Å². The van der Waals surface area contributed by atoms with E-state index in [1.807, 2.05) is 18.2 Å². The van der Waals surface area contributed by atoms with Gasteiger partial charge in [-0.25, -0.2) is 4.98 Å². The zero-order valence-corrected chi connectivity index (χ0v) is 14.0. The summed E-state index contributed by atoms with van der Waals surface area (Å²) in [5.41, 5.74) is 10.2. The standard InChI is InChI=1S/C21H26N2/c1-2-3-4-5-6-7-9-16-10-8-11-21-19(16)15-17-14-18(22)12-13-20(17)23-21/h8,10-15H,2-7,9,22H2,1H3. The SMILES string of the molecule is CCCCCCCCc1cccc2nc3ccc(N)cc3cc12. The molecule has 0 amide bonds. The second kappa shape index (κ2) is 7.45. The third-order valence-corrected chi connectivity index (χ3v) is 4.57. The predicted molar refractivity (Wildman–Crippen MR) is 101 cm³/mol. The molecule has 0 aliphatic rings. The molecule has 0 radical (unpaired) electrons. The number of anilines is 1. The molecule has 2 nitrogen and oxygen atoms in total. The molecular weight excluding hydrogens is 280 g/mol. The number of aromatic nitrogens is 1. The Bertz CT molecular complexity index is 792. The summed E-state index contributed by atoms with van der Waals surface area (Å²) in [5.74, 6) is 0. The van der Waals surface area contributed by atoms with Crippen LogP contribution in [0.25, 0.3) is 21.8 Å². The average Bonchev–Trinajstić information content (AvgIpc) is 2.56. The smallest absolute Gasteiger partial charge is 0.0712 e. The van der Waals surface area contributed by atoms with Gasteiger partial charge in [-0.1, -0.05) is 51.2 Å². The van der Waals surface area contributed by atoms with Gasteiger partial charge in [0.05, 0.1) is 11.0 Å². The number of nitrogens with two attached hydrogens (primary N) is 1. The van der Waals surface area contributed by atoms with Gasteiger partial charge in [0.2, 0.25) is 0 Å². The minimum atomic E-state index is 0.798. The van der Waals surface area contributed by atoms with Gasteiger partial charge < -0.3 is 5.73 Å². The lowest BCUT2D eigenvalue weighted by molar-refractivity contribution is 0.608. The van der Waals surface area contributed by atoms with Crippen molar-refractivity contribution in [2.45, 2.75) is 51.9 Å². The van der Waals surface area contributed by atoms with Gasteiger partial charge in [0, 0.05) is 16.5 Å². The van der Waals surface area contributed by atoms with Crippen LogP contribution in [-0.4, -0.2) is 4.98 Å². The van der Waals surface area contributed by atoms with E-state index in [-0.39, 0.29) is 0 Å². The van der Waals surface area contributed by atoms with E-state index in [0.29, 0.717) is 0 Å². The monoisotopic (exact) mass is 306 g/mol. The van der Waals surface area contributed by atoms with Gasteiger partial charge in [0.1, 0.15) is 0 Å². The number of benzene rings is 2. The summed E-state index contributed by atoms with van der Waals surface area (Å²) in [7, 11) is 0. The number of rotatable bonds is 7. The van der Waals surface area contributed by atoms with Crippen molar-refractivity contribution in [3.8, 4) is 0 Å². The maximum Gasteiger partial charge on any atom is 0.0712 e. The molecule has 2 heteroatoms. The van der Waals surface area contributed by atoms with Crippen LogP contribution in [0.3, 0.4) is 0 Å². The number of pyridine rings is 1. The highest BCUT2D eigenvalue weighted by molar-refractivity contribution is 5.95. The first-order chi connectivity index (χ1) is 11.3. The van der Waals surface area contributed by atoms with E-state index in [1.165, 1.54) is 49.5 Å². The molecule has 120 valence electrons. The summed E-state index contributed by atoms with van der Waals surface area (Å²) in [4.78, 5) is 4.79. The van der Waals surface area contributed by atoms with E-state index >= 15 is 0 Å². The molecule has 1 heterocycles. The fraction of sp³-hybridized carbons (Fsp3) is 0.381. The maximum atomic E-state index is 5.92. The number of hydrogen-bond donors (Lipinski definition) is 1. The van der Waals surface area contributed by atoms with Crippen LogP contribution in [0.15, 0.2) is 42.5 Å². The third-order valence-electron chi connectivity index (χ3n) is 4.57. The van der Waals surface area contributed by atoms with Gasteiger partial charge >= 0.3 is 0 Å². The van der Waals surface area contributed by atoms with E-state index in [1.54, 1.807) is 0 Å². The number of nitrogen functional groups attached to an aromatic ring is 1. The quantitative estimate of drug-likeness (QED) is 0.336. The Kier molecular flexibility index (Phi) is 5.12. The Labute approximate surface area is 138 Å². The fourth-order valence-electron chi connectivity index (χ4n) is 3.25.